The van der Waals surface area contributed by atoms with E-state index in [4.69, 9.17) is 9.47 Å². The molecule has 16 heteroatoms. The molecule has 0 spiro atoms. The number of ether oxygens (including phenoxy) is 2. The molecule has 0 radical (unpaired) electrons. The second-order valence-corrected chi connectivity index (χ2v) is 12.2. The topological polar surface area (TPSA) is 175 Å². The standard InChI is InChI=1S/C28H39N6O8P.ClH/c1-3-4-16-42-28(37)33-14-12-32(13-15-33)27(36)23(19-43(38,39)40)30-26(35)22-17-24(34-11-10-21(18-34)41-2)31-25(29-22)20-8-6-5-7-9-20;/h5-9,17,21,23H,3-4,10-16,18-19H2,1-2H3,(H,30,35)(H2,38,39,40);1H. The zero-order valence-electron chi connectivity index (χ0n) is 24.8. The summed E-state index contributed by atoms with van der Waals surface area (Å²) < 4.78 is 22.7. The van der Waals surface area contributed by atoms with E-state index in [1.165, 1.54) is 15.9 Å². The Labute approximate surface area is 262 Å². The van der Waals surface area contributed by atoms with Gasteiger partial charge in [0, 0.05) is 58.0 Å². The van der Waals surface area contributed by atoms with Crippen LogP contribution >= 0.6 is 20.0 Å². The average molecular weight is 655 g/mol. The Hall–Kier alpha value is -3.29. The monoisotopic (exact) mass is 654 g/mol. The molecule has 44 heavy (non-hydrogen) atoms. The van der Waals surface area contributed by atoms with Crippen molar-refractivity contribution < 1.29 is 38.2 Å². The van der Waals surface area contributed by atoms with Crippen molar-refractivity contribution in [3.05, 3.63) is 42.1 Å². The van der Waals surface area contributed by atoms with Crippen molar-refractivity contribution in [3.8, 4) is 11.4 Å². The van der Waals surface area contributed by atoms with Crippen LogP contribution < -0.4 is 10.2 Å². The van der Waals surface area contributed by atoms with Crippen LogP contribution in [0.25, 0.3) is 11.4 Å². The number of amides is 3. The largest absolute Gasteiger partial charge is 0.449 e. The first-order valence-corrected chi connectivity index (χ1v) is 16.2. The smallest absolute Gasteiger partial charge is 0.409 e. The Kier molecular flexibility index (Phi) is 12.9. The highest BCUT2D eigenvalue weighted by atomic mass is 35.5. The first-order chi connectivity index (χ1) is 20.6. The van der Waals surface area contributed by atoms with Gasteiger partial charge in [0.2, 0.25) is 5.91 Å². The van der Waals surface area contributed by atoms with Gasteiger partial charge in [-0.05, 0) is 12.8 Å². The van der Waals surface area contributed by atoms with Crippen LogP contribution in [-0.2, 0) is 18.8 Å². The maximum absolute atomic E-state index is 13.5. The molecule has 0 aliphatic carbocycles. The summed E-state index contributed by atoms with van der Waals surface area (Å²) >= 11 is 0. The van der Waals surface area contributed by atoms with Crippen molar-refractivity contribution in [2.24, 2.45) is 0 Å². The summed E-state index contributed by atoms with van der Waals surface area (Å²) in [5, 5.41) is 2.51. The number of methoxy groups -OCH3 is 1. The molecule has 0 saturated carbocycles. The summed E-state index contributed by atoms with van der Waals surface area (Å²) in [7, 11) is -3.08. The van der Waals surface area contributed by atoms with Gasteiger partial charge in [-0.3, -0.25) is 14.2 Å². The number of anilines is 1. The summed E-state index contributed by atoms with van der Waals surface area (Å²) in [4.78, 5) is 72.7. The molecule has 4 rings (SSSR count). The van der Waals surface area contributed by atoms with E-state index in [9.17, 15) is 28.7 Å². The molecule has 14 nitrogen and oxygen atoms in total. The number of rotatable bonds is 11. The predicted octanol–water partition coefficient (Wildman–Crippen LogP) is 2.15. The van der Waals surface area contributed by atoms with Crippen LogP contribution in [0.3, 0.4) is 0 Å². The minimum Gasteiger partial charge on any atom is -0.449 e. The van der Waals surface area contributed by atoms with Crippen LogP contribution in [0, 0.1) is 0 Å². The quantitative estimate of drug-likeness (QED) is 0.239. The first-order valence-electron chi connectivity index (χ1n) is 14.4. The molecule has 0 bridgehead atoms. The molecule has 242 valence electrons. The summed E-state index contributed by atoms with van der Waals surface area (Å²) in [5.74, 6) is -0.633. The summed E-state index contributed by atoms with van der Waals surface area (Å²) in [6, 6.07) is 9.09. The molecule has 2 fully saturated rings. The van der Waals surface area contributed by atoms with E-state index in [-0.39, 0.29) is 50.4 Å². The van der Waals surface area contributed by atoms with Crippen molar-refractivity contribution in [2.75, 3.05) is 64.0 Å². The fraction of sp³-hybridized carbons (Fsp3) is 0.536. The second-order valence-electron chi connectivity index (χ2n) is 10.5. The number of hydrogen-bond donors (Lipinski definition) is 3. The normalized spacial score (nSPS) is 17.5. The van der Waals surface area contributed by atoms with Gasteiger partial charge in [0.1, 0.15) is 17.6 Å². The third kappa shape index (κ3) is 9.60. The Balaban J connectivity index is 0.00000529. The lowest BCUT2D eigenvalue weighted by molar-refractivity contribution is -0.134. The van der Waals surface area contributed by atoms with Gasteiger partial charge >= 0.3 is 13.7 Å². The molecule has 2 aliphatic rings. The predicted molar refractivity (Wildman–Crippen MR) is 165 cm³/mol. The van der Waals surface area contributed by atoms with Crippen molar-refractivity contribution in [1.82, 2.24) is 25.1 Å². The SMILES string of the molecule is CCCCOC(=O)N1CCN(C(=O)C(CP(=O)(O)O)NC(=O)c2cc(N3CCC(OC)C3)nc(-c3ccccc3)n2)CC1.Cl. The van der Waals surface area contributed by atoms with Crippen LogP contribution in [0.5, 0.6) is 0 Å². The molecular formula is C28H40ClN6O8P. The van der Waals surface area contributed by atoms with E-state index in [0.717, 1.165) is 19.3 Å². The van der Waals surface area contributed by atoms with Crippen molar-refractivity contribution in [3.63, 3.8) is 0 Å². The Morgan fingerprint density at radius 3 is 2.36 bits per heavy atom. The van der Waals surface area contributed by atoms with Crippen LogP contribution in [0.4, 0.5) is 10.6 Å². The molecule has 2 aliphatic heterocycles. The fourth-order valence-electron chi connectivity index (χ4n) is 4.94. The Morgan fingerprint density at radius 1 is 1.07 bits per heavy atom. The highest BCUT2D eigenvalue weighted by Gasteiger charge is 2.35. The minimum absolute atomic E-state index is 0. The zero-order valence-corrected chi connectivity index (χ0v) is 26.5. The second kappa shape index (κ2) is 16.1. The lowest BCUT2D eigenvalue weighted by atomic mass is 10.2. The number of carbonyl (C=O) groups is 3. The highest BCUT2D eigenvalue weighted by molar-refractivity contribution is 7.51. The van der Waals surface area contributed by atoms with Gasteiger partial charge in [0.05, 0.1) is 18.9 Å². The number of aromatic nitrogens is 2. The third-order valence-corrected chi connectivity index (χ3v) is 8.22. The van der Waals surface area contributed by atoms with Crippen LogP contribution in [0.1, 0.15) is 36.7 Å². The van der Waals surface area contributed by atoms with E-state index in [0.29, 0.717) is 36.9 Å². The van der Waals surface area contributed by atoms with Gasteiger partial charge in [-0.1, -0.05) is 43.7 Å². The number of carbonyl (C=O) groups excluding carboxylic acids is 3. The molecule has 1 aromatic carbocycles. The first kappa shape index (κ1) is 35.2. The van der Waals surface area contributed by atoms with Gasteiger partial charge in [-0.15, -0.1) is 12.4 Å². The molecule has 3 N–H and O–H groups in total. The molecule has 2 atom stereocenters. The molecular weight excluding hydrogens is 615 g/mol. The van der Waals surface area contributed by atoms with Crippen molar-refractivity contribution >= 4 is 43.7 Å². The maximum Gasteiger partial charge on any atom is 0.409 e. The molecule has 1 aromatic heterocycles. The zero-order chi connectivity index (χ0) is 31.0. The lowest BCUT2D eigenvalue weighted by Crippen LogP contribution is -2.56. The van der Waals surface area contributed by atoms with Crippen LogP contribution in [-0.4, -0.2) is 119 Å². The Morgan fingerprint density at radius 2 is 1.75 bits per heavy atom. The number of piperazine rings is 1. The van der Waals surface area contributed by atoms with Gasteiger partial charge in [-0.25, -0.2) is 14.8 Å². The van der Waals surface area contributed by atoms with Crippen molar-refractivity contribution in [1.29, 1.82) is 0 Å². The lowest BCUT2D eigenvalue weighted by Gasteiger charge is -2.36. The van der Waals surface area contributed by atoms with E-state index in [2.05, 4.69) is 15.3 Å². The van der Waals surface area contributed by atoms with Crippen LogP contribution in [0.15, 0.2) is 36.4 Å². The number of benzene rings is 1. The Bertz CT molecular complexity index is 1320. The number of hydrogen-bond acceptors (Lipinski definition) is 9. The summed E-state index contributed by atoms with van der Waals surface area (Å²) in [6.45, 7) is 4.17. The average Bonchev–Trinajstić information content (AvgIpc) is 3.50. The molecule has 2 aromatic rings. The summed E-state index contributed by atoms with van der Waals surface area (Å²) in [6.07, 6.45) is 1.08. The third-order valence-electron chi connectivity index (χ3n) is 7.38. The van der Waals surface area contributed by atoms with E-state index >= 15 is 0 Å². The van der Waals surface area contributed by atoms with E-state index in [1.54, 1.807) is 7.11 Å². The van der Waals surface area contributed by atoms with Gasteiger partial charge < -0.3 is 39.3 Å². The number of halogens is 1. The minimum atomic E-state index is -4.71. The maximum atomic E-state index is 13.5. The van der Waals surface area contributed by atoms with Crippen molar-refractivity contribution in [2.45, 2.75) is 38.3 Å². The van der Waals surface area contributed by atoms with Gasteiger partial charge in [0.15, 0.2) is 5.82 Å². The highest BCUT2D eigenvalue weighted by Crippen LogP contribution is 2.35. The summed E-state index contributed by atoms with van der Waals surface area (Å²) in [5.41, 5.74) is 0.627. The van der Waals surface area contributed by atoms with Gasteiger partial charge in [0.25, 0.3) is 5.91 Å². The molecule has 2 saturated heterocycles. The van der Waals surface area contributed by atoms with E-state index < -0.39 is 37.7 Å². The molecule has 3 amide bonds. The van der Waals surface area contributed by atoms with E-state index in [1.807, 2.05) is 42.2 Å². The molecule has 2 unspecified atom stereocenters. The van der Waals surface area contributed by atoms with Gasteiger partial charge in [-0.2, -0.15) is 0 Å². The number of nitrogens with zero attached hydrogens (tertiary/aromatic N) is 5. The number of nitrogens with one attached hydrogen (secondary N) is 1. The number of unbranched alkanes of at least 4 members (excludes halogenated alkanes) is 1. The van der Waals surface area contributed by atoms with Crippen LogP contribution in [0.2, 0.25) is 0 Å². The molecule has 3 heterocycles. The fourth-order valence-corrected chi connectivity index (χ4v) is 5.66.